The summed E-state index contributed by atoms with van der Waals surface area (Å²) in [5.41, 5.74) is 5.78. The van der Waals surface area contributed by atoms with Gasteiger partial charge in [0.2, 0.25) is 0 Å². The summed E-state index contributed by atoms with van der Waals surface area (Å²) in [5, 5.41) is 1.94. The minimum absolute atomic E-state index is 0.221. The van der Waals surface area contributed by atoms with Crippen molar-refractivity contribution in [1.29, 1.82) is 0 Å². The minimum Gasteiger partial charge on any atom is -0.483 e. The summed E-state index contributed by atoms with van der Waals surface area (Å²) in [4.78, 5) is 24.1. The van der Waals surface area contributed by atoms with Gasteiger partial charge in [0.15, 0.2) is 12.7 Å². The van der Waals surface area contributed by atoms with Crippen LogP contribution in [0.1, 0.15) is 12.5 Å². The van der Waals surface area contributed by atoms with E-state index in [-0.39, 0.29) is 6.61 Å². The van der Waals surface area contributed by atoms with E-state index in [1.165, 1.54) is 0 Å². The number of ether oxygens (including phenoxy) is 2. The Morgan fingerprint density at radius 1 is 0.929 bits per heavy atom. The second-order valence-corrected chi connectivity index (χ2v) is 6.38. The molecule has 6 heteroatoms. The van der Waals surface area contributed by atoms with Crippen LogP contribution >= 0.6 is 0 Å². The second kappa shape index (κ2) is 8.90. The van der Waals surface area contributed by atoms with E-state index in [4.69, 9.17) is 9.47 Å². The lowest BCUT2D eigenvalue weighted by Crippen LogP contribution is -2.48. The van der Waals surface area contributed by atoms with Gasteiger partial charge in [-0.05, 0) is 37.4 Å². The molecule has 3 aromatic carbocycles. The van der Waals surface area contributed by atoms with Gasteiger partial charge in [-0.1, -0.05) is 54.1 Å². The molecule has 0 aliphatic rings. The van der Waals surface area contributed by atoms with Crippen molar-refractivity contribution in [1.82, 2.24) is 10.9 Å². The fraction of sp³-hybridized carbons (Fsp3) is 0.182. The highest BCUT2D eigenvalue weighted by Crippen LogP contribution is 2.24. The number of hydrazine groups is 1. The van der Waals surface area contributed by atoms with Crippen LogP contribution in [0.2, 0.25) is 0 Å². The van der Waals surface area contributed by atoms with E-state index < -0.39 is 17.9 Å². The summed E-state index contributed by atoms with van der Waals surface area (Å²) >= 11 is 0. The van der Waals surface area contributed by atoms with Crippen molar-refractivity contribution in [3.8, 4) is 11.5 Å². The van der Waals surface area contributed by atoms with Gasteiger partial charge < -0.3 is 9.47 Å². The summed E-state index contributed by atoms with van der Waals surface area (Å²) in [7, 11) is 0. The third-order valence-corrected chi connectivity index (χ3v) is 4.14. The lowest BCUT2D eigenvalue weighted by Gasteiger charge is -2.15. The highest BCUT2D eigenvalue weighted by molar-refractivity contribution is 5.89. The molecule has 1 unspecified atom stereocenters. The largest absolute Gasteiger partial charge is 0.483 e. The third-order valence-electron chi connectivity index (χ3n) is 4.14. The molecule has 0 aliphatic heterocycles. The zero-order valence-corrected chi connectivity index (χ0v) is 15.8. The van der Waals surface area contributed by atoms with Gasteiger partial charge in [-0.15, -0.1) is 0 Å². The Bertz CT molecular complexity index is 964. The van der Waals surface area contributed by atoms with Crippen LogP contribution in [0, 0.1) is 6.92 Å². The van der Waals surface area contributed by atoms with Crippen molar-refractivity contribution in [2.24, 2.45) is 0 Å². The van der Waals surface area contributed by atoms with Gasteiger partial charge in [0.05, 0.1) is 0 Å². The number of hydrogen-bond acceptors (Lipinski definition) is 4. The number of fused-ring (bicyclic) bond motifs is 1. The number of rotatable bonds is 6. The SMILES string of the molecule is Cc1ccc(OC(C)C(=O)NNC(=O)COc2cccc3ccccc23)cc1. The zero-order chi connectivity index (χ0) is 19.9. The average Bonchev–Trinajstić information content (AvgIpc) is 2.72. The monoisotopic (exact) mass is 378 g/mol. The zero-order valence-electron chi connectivity index (χ0n) is 15.8. The first-order chi connectivity index (χ1) is 13.5. The maximum atomic E-state index is 12.1. The molecule has 0 bridgehead atoms. The molecular formula is C22H22N2O4. The number of nitrogens with one attached hydrogen (secondary N) is 2. The number of hydrogen-bond donors (Lipinski definition) is 2. The van der Waals surface area contributed by atoms with Crippen molar-refractivity contribution in [2.45, 2.75) is 20.0 Å². The van der Waals surface area contributed by atoms with Gasteiger partial charge in [-0.2, -0.15) is 0 Å². The molecule has 144 valence electrons. The van der Waals surface area contributed by atoms with Crippen molar-refractivity contribution in [3.63, 3.8) is 0 Å². The van der Waals surface area contributed by atoms with E-state index in [0.717, 1.165) is 16.3 Å². The lowest BCUT2D eigenvalue weighted by molar-refractivity contribution is -0.133. The fourth-order valence-electron chi connectivity index (χ4n) is 2.61. The lowest BCUT2D eigenvalue weighted by atomic mass is 10.1. The van der Waals surface area contributed by atoms with Crippen molar-refractivity contribution < 1.29 is 19.1 Å². The molecule has 2 amide bonds. The predicted molar refractivity (Wildman–Crippen MR) is 107 cm³/mol. The maximum absolute atomic E-state index is 12.1. The molecule has 0 spiro atoms. The second-order valence-electron chi connectivity index (χ2n) is 6.38. The Labute approximate surface area is 163 Å². The number of amides is 2. The molecule has 2 N–H and O–H groups in total. The van der Waals surface area contributed by atoms with Crippen LogP contribution in [0.15, 0.2) is 66.7 Å². The fourth-order valence-corrected chi connectivity index (χ4v) is 2.61. The van der Waals surface area contributed by atoms with Crippen LogP contribution in [0.4, 0.5) is 0 Å². The molecule has 0 radical (unpaired) electrons. The molecule has 1 atom stereocenters. The number of carbonyl (C=O) groups excluding carboxylic acids is 2. The van der Waals surface area contributed by atoms with Gasteiger partial charge in [0.1, 0.15) is 11.5 Å². The first-order valence-corrected chi connectivity index (χ1v) is 8.95. The number of aryl methyl sites for hydroxylation is 1. The van der Waals surface area contributed by atoms with E-state index in [2.05, 4.69) is 10.9 Å². The molecule has 0 aliphatic carbocycles. The first kappa shape index (κ1) is 19.2. The standard InChI is InChI=1S/C22H22N2O4/c1-15-10-12-18(13-11-15)28-16(2)22(26)24-23-21(25)14-27-20-9-5-7-17-6-3-4-8-19(17)20/h3-13,16H,14H2,1-2H3,(H,23,25)(H,24,26). The smallest absolute Gasteiger partial charge is 0.279 e. The topological polar surface area (TPSA) is 76.7 Å². The van der Waals surface area contributed by atoms with E-state index in [9.17, 15) is 9.59 Å². The van der Waals surface area contributed by atoms with E-state index >= 15 is 0 Å². The predicted octanol–water partition coefficient (Wildman–Crippen LogP) is 3.14. The number of benzene rings is 3. The number of carbonyl (C=O) groups is 2. The molecule has 6 nitrogen and oxygen atoms in total. The molecule has 0 fully saturated rings. The average molecular weight is 378 g/mol. The van der Waals surface area contributed by atoms with Gasteiger partial charge >= 0.3 is 0 Å². The minimum atomic E-state index is -0.762. The molecule has 0 saturated heterocycles. The van der Waals surface area contributed by atoms with Gasteiger partial charge in [-0.25, -0.2) is 0 Å². The van der Waals surface area contributed by atoms with Crippen molar-refractivity contribution in [2.75, 3.05) is 6.61 Å². The van der Waals surface area contributed by atoms with Crippen LogP contribution in [-0.2, 0) is 9.59 Å². The van der Waals surface area contributed by atoms with Crippen LogP contribution in [0.5, 0.6) is 11.5 Å². The molecule has 0 saturated carbocycles. The molecule has 3 rings (SSSR count). The van der Waals surface area contributed by atoms with E-state index in [0.29, 0.717) is 11.5 Å². The van der Waals surface area contributed by atoms with E-state index in [1.54, 1.807) is 25.1 Å². The Balaban J connectivity index is 1.47. The van der Waals surface area contributed by atoms with Crippen LogP contribution in [-0.4, -0.2) is 24.5 Å². The molecular weight excluding hydrogens is 356 g/mol. The summed E-state index contributed by atoms with van der Waals surface area (Å²) in [6.07, 6.45) is -0.762. The summed E-state index contributed by atoms with van der Waals surface area (Å²) < 4.78 is 11.1. The van der Waals surface area contributed by atoms with Gasteiger partial charge in [0.25, 0.3) is 11.8 Å². The highest BCUT2D eigenvalue weighted by Gasteiger charge is 2.15. The Kier molecular flexibility index (Phi) is 6.11. The summed E-state index contributed by atoms with van der Waals surface area (Å²) in [6, 6.07) is 20.7. The van der Waals surface area contributed by atoms with E-state index in [1.807, 2.05) is 55.5 Å². The third kappa shape index (κ3) is 5.01. The van der Waals surface area contributed by atoms with Crippen LogP contribution in [0.3, 0.4) is 0 Å². The maximum Gasteiger partial charge on any atom is 0.279 e. The molecule has 0 heterocycles. The highest BCUT2D eigenvalue weighted by atomic mass is 16.5. The Morgan fingerprint density at radius 2 is 1.64 bits per heavy atom. The van der Waals surface area contributed by atoms with Crippen molar-refractivity contribution in [3.05, 3.63) is 72.3 Å². The molecule has 0 aromatic heterocycles. The normalized spacial score (nSPS) is 11.5. The first-order valence-electron chi connectivity index (χ1n) is 8.95. The van der Waals surface area contributed by atoms with Crippen LogP contribution in [0.25, 0.3) is 10.8 Å². The van der Waals surface area contributed by atoms with Gasteiger partial charge in [-0.3, -0.25) is 20.4 Å². The van der Waals surface area contributed by atoms with Gasteiger partial charge in [0, 0.05) is 5.39 Å². The Morgan fingerprint density at radius 3 is 2.43 bits per heavy atom. The summed E-state index contributed by atoms with van der Waals surface area (Å²) in [5.74, 6) is 0.262. The molecule has 28 heavy (non-hydrogen) atoms. The quantitative estimate of drug-likeness (QED) is 0.646. The van der Waals surface area contributed by atoms with Crippen LogP contribution < -0.4 is 20.3 Å². The van der Waals surface area contributed by atoms with Crippen molar-refractivity contribution >= 4 is 22.6 Å². The molecule has 3 aromatic rings. The summed E-state index contributed by atoms with van der Waals surface area (Å²) in [6.45, 7) is 3.35. The Hall–Kier alpha value is -3.54.